The summed E-state index contributed by atoms with van der Waals surface area (Å²) in [7, 11) is 0. The number of carbonyl (C=O) groups is 2. The van der Waals surface area contributed by atoms with Gasteiger partial charge in [-0.1, -0.05) is 119 Å². The predicted molar refractivity (Wildman–Crippen MR) is 134 cm³/mol. The van der Waals surface area contributed by atoms with E-state index in [-0.39, 0.29) is 6.42 Å². The van der Waals surface area contributed by atoms with Crippen molar-refractivity contribution in [2.24, 2.45) is 11.3 Å². The molecule has 3 aromatic carbocycles. The van der Waals surface area contributed by atoms with Gasteiger partial charge in [0.25, 0.3) is 0 Å². The van der Waals surface area contributed by atoms with Gasteiger partial charge in [-0.25, -0.2) is 0 Å². The maximum Gasteiger partial charge on any atom is 0.324 e. The highest BCUT2D eigenvalue weighted by atomic mass is 16.4. The van der Waals surface area contributed by atoms with Crippen LogP contribution in [-0.2, 0) is 15.1 Å². The lowest BCUT2D eigenvalue weighted by Crippen LogP contribution is -2.68. The topological polar surface area (TPSA) is 86.6 Å². The molecule has 0 spiro atoms. The van der Waals surface area contributed by atoms with Crippen LogP contribution in [0.3, 0.4) is 0 Å². The SMILES string of the molecule is CC(C[C@@](NC(c1ccccc1)(c1ccccc1)c1ccccc1)(C(=O)O)C(C)(C)C)C(=O)O. The van der Waals surface area contributed by atoms with E-state index in [4.69, 9.17) is 0 Å². The van der Waals surface area contributed by atoms with Crippen molar-refractivity contribution in [1.29, 1.82) is 0 Å². The van der Waals surface area contributed by atoms with Gasteiger partial charge in [0.15, 0.2) is 0 Å². The molecule has 34 heavy (non-hydrogen) atoms. The molecule has 0 aromatic heterocycles. The van der Waals surface area contributed by atoms with Crippen LogP contribution in [-0.4, -0.2) is 27.7 Å². The first-order valence-corrected chi connectivity index (χ1v) is 11.5. The molecule has 178 valence electrons. The average Bonchev–Trinajstić information content (AvgIpc) is 2.82. The van der Waals surface area contributed by atoms with Crippen LogP contribution >= 0.6 is 0 Å². The molecule has 0 aliphatic carbocycles. The van der Waals surface area contributed by atoms with E-state index >= 15 is 0 Å². The Balaban J connectivity index is 2.41. The van der Waals surface area contributed by atoms with Gasteiger partial charge < -0.3 is 10.2 Å². The molecule has 0 aliphatic heterocycles. The number of hydrogen-bond acceptors (Lipinski definition) is 3. The van der Waals surface area contributed by atoms with Gasteiger partial charge in [0.05, 0.1) is 11.5 Å². The molecular formula is C29H33NO4. The van der Waals surface area contributed by atoms with Gasteiger partial charge in [-0.2, -0.15) is 0 Å². The molecule has 5 nitrogen and oxygen atoms in total. The molecular weight excluding hydrogens is 426 g/mol. The Morgan fingerprint density at radius 1 is 0.735 bits per heavy atom. The van der Waals surface area contributed by atoms with E-state index in [0.29, 0.717) is 0 Å². The fourth-order valence-electron chi connectivity index (χ4n) is 4.65. The smallest absolute Gasteiger partial charge is 0.324 e. The minimum Gasteiger partial charge on any atom is -0.481 e. The molecule has 0 radical (unpaired) electrons. The van der Waals surface area contributed by atoms with Gasteiger partial charge >= 0.3 is 11.9 Å². The second-order valence-electron chi connectivity index (χ2n) is 9.88. The Hall–Kier alpha value is -3.44. The summed E-state index contributed by atoms with van der Waals surface area (Å²) in [5, 5.41) is 24.1. The Bertz CT molecular complexity index is 1010. The summed E-state index contributed by atoms with van der Waals surface area (Å²) < 4.78 is 0. The van der Waals surface area contributed by atoms with Crippen LogP contribution in [0.25, 0.3) is 0 Å². The van der Waals surface area contributed by atoms with Crippen LogP contribution in [0.15, 0.2) is 91.0 Å². The Morgan fingerprint density at radius 3 is 1.35 bits per heavy atom. The average molecular weight is 460 g/mol. The van der Waals surface area contributed by atoms with Gasteiger partial charge in [-0.05, 0) is 28.5 Å². The standard InChI is InChI=1S/C29H33NO4/c1-21(25(31)32)20-28(26(33)34,27(2,3)4)30-29(22-14-8-5-9-15-22,23-16-10-6-11-17-23)24-18-12-7-13-19-24/h5-19,21,30H,20H2,1-4H3,(H,31,32)(H,33,34)/t21?,28-/m1/s1. The second-order valence-corrected chi connectivity index (χ2v) is 9.88. The molecule has 0 saturated heterocycles. The van der Waals surface area contributed by atoms with Crippen LogP contribution < -0.4 is 5.32 Å². The van der Waals surface area contributed by atoms with Crippen molar-refractivity contribution >= 4 is 11.9 Å². The number of benzene rings is 3. The van der Waals surface area contributed by atoms with Crippen molar-refractivity contribution in [3.63, 3.8) is 0 Å². The molecule has 3 N–H and O–H groups in total. The number of rotatable bonds is 9. The lowest BCUT2D eigenvalue weighted by Gasteiger charge is -2.50. The number of carboxylic acid groups (broad SMARTS) is 2. The zero-order valence-corrected chi connectivity index (χ0v) is 20.2. The minimum atomic E-state index is -1.58. The first-order valence-electron chi connectivity index (χ1n) is 11.5. The molecule has 1 unspecified atom stereocenters. The van der Waals surface area contributed by atoms with E-state index in [1.165, 1.54) is 0 Å². The number of hydrogen-bond donors (Lipinski definition) is 3. The largest absolute Gasteiger partial charge is 0.481 e. The molecule has 0 bridgehead atoms. The van der Waals surface area contributed by atoms with E-state index < -0.39 is 34.3 Å². The minimum absolute atomic E-state index is 0.0879. The first-order chi connectivity index (χ1) is 16.0. The highest BCUT2D eigenvalue weighted by molar-refractivity contribution is 5.82. The monoisotopic (exact) mass is 459 g/mol. The van der Waals surface area contributed by atoms with E-state index in [9.17, 15) is 19.8 Å². The fourth-order valence-corrected chi connectivity index (χ4v) is 4.65. The van der Waals surface area contributed by atoms with Crippen molar-refractivity contribution in [2.75, 3.05) is 0 Å². The predicted octanol–water partition coefficient (Wildman–Crippen LogP) is 5.55. The third kappa shape index (κ3) is 4.62. The van der Waals surface area contributed by atoms with Gasteiger partial charge in [0, 0.05) is 0 Å². The number of carboxylic acids is 2. The highest BCUT2D eigenvalue weighted by Crippen LogP contribution is 2.45. The van der Waals surface area contributed by atoms with E-state index in [2.05, 4.69) is 5.32 Å². The summed E-state index contributed by atoms with van der Waals surface area (Å²) in [4.78, 5) is 25.0. The number of nitrogens with one attached hydrogen (secondary N) is 1. The first kappa shape index (κ1) is 25.2. The maximum absolute atomic E-state index is 13.1. The van der Waals surface area contributed by atoms with Gasteiger partial charge in [-0.3, -0.25) is 14.9 Å². The third-order valence-corrected chi connectivity index (χ3v) is 6.70. The molecule has 5 heteroatoms. The summed E-state index contributed by atoms with van der Waals surface area (Å²) in [6.45, 7) is 7.08. The van der Waals surface area contributed by atoms with E-state index in [0.717, 1.165) is 16.7 Å². The highest BCUT2D eigenvalue weighted by Gasteiger charge is 2.55. The van der Waals surface area contributed by atoms with E-state index in [1.54, 1.807) is 6.92 Å². The molecule has 0 fully saturated rings. The van der Waals surface area contributed by atoms with Crippen LogP contribution in [0.5, 0.6) is 0 Å². The van der Waals surface area contributed by atoms with Crippen molar-refractivity contribution in [1.82, 2.24) is 5.32 Å². The molecule has 0 heterocycles. The van der Waals surface area contributed by atoms with Gasteiger partial charge in [-0.15, -0.1) is 0 Å². The lowest BCUT2D eigenvalue weighted by molar-refractivity contribution is -0.154. The van der Waals surface area contributed by atoms with Crippen molar-refractivity contribution in [3.8, 4) is 0 Å². The summed E-state index contributed by atoms with van der Waals surface area (Å²) in [6.07, 6.45) is -0.0879. The molecule has 0 saturated carbocycles. The summed E-state index contributed by atoms with van der Waals surface area (Å²) in [5.41, 5.74) is -0.854. The normalized spacial score (nSPS) is 14.7. The van der Waals surface area contributed by atoms with Gasteiger partial charge in [0.2, 0.25) is 0 Å². The zero-order valence-electron chi connectivity index (χ0n) is 20.2. The van der Waals surface area contributed by atoms with Crippen molar-refractivity contribution in [2.45, 2.75) is 45.2 Å². The van der Waals surface area contributed by atoms with Crippen molar-refractivity contribution < 1.29 is 19.8 Å². The summed E-state index contributed by atoms with van der Waals surface area (Å²) in [6, 6.07) is 29.2. The molecule has 3 aromatic rings. The van der Waals surface area contributed by atoms with E-state index in [1.807, 2.05) is 112 Å². The Labute approximate surface area is 201 Å². The lowest BCUT2D eigenvalue weighted by atomic mass is 9.65. The Morgan fingerprint density at radius 2 is 1.09 bits per heavy atom. The molecule has 0 amide bonds. The maximum atomic E-state index is 13.1. The molecule has 3 rings (SSSR count). The summed E-state index contributed by atoms with van der Waals surface area (Å²) >= 11 is 0. The van der Waals surface area contributed by atoms with Gasteiger partial charge in [0.1, 0.15) is 5.54 Å². The molecule has 2 atom stereocenters. The molecule has 0 aliphatic rings. The van der Waals surface area contributed by atoms with Crippen molar-refractivity contribution in [3.05, 3.63) is 108 Å². The number of aliphatic carboxylic acids is 2. The zero-order chi connectivity index (χ0) is 25.0. The quantitative estimate of drug-likeness (QED) is 0.365. The third-order valence-electron chi connectivity index (χ3n) is 6.70. The van der Waals surface area contributed by atoms with Crippen LogP contribution in [0.4, 0.5) is 0 Å². The Kier molecular flexibility index (Phi) is 7.27. The van der Waals surface area contributed by atoms with Crippen LogP contribution in [0.2, 0.25) is 0 Å². The second kappa shape index (κ2) is 9.82. The van der Waals surface area contributed by atoms with Crippen LogP contribution in [0, 0.1) is 11.3 Å². The summed E-state index contributed by atoms with van der Waals surface area (Å²) in [5.74, 6) is -2.98. The fraction of sp³-hybridized carbons (Fsp3) is 0.310. The van der Waals surface area contributed by atoms with Crippen LogP contribution in [0.1, 0.15) is 50.8 Å².